The molecule has 0 aliphatic carbocycles. The topological polar surface area (TPSA) is 78.1 Å². The van der Waals surface area contributed by atoms with Crippen molar-refractivity contribution in [3.63, 3.8) is 0 Å². The Labute approximate surface area is 140 Å². The summed E-state index contributed by atoms with van der Waals surface area (Å²) in [5.74, 6) is 0.00820. The van der Waals surface area contributed by atoms with Gasteiger partial charge in [0.1, 0.15) is 5.69 Å². The molecular formula is C18H20N4O2. The maximum Gasteiger partial charge on any atom is 0.270 e. The van der Waals surface area contributed by atoms with Gasteiger partial charge in [-0.3, -0.25) is 14.6 Å². The summed E-state index contributed by atoms with van der Waals surface area (Å²) in [4.78, 5) is 33.7. The normalized spacial score (nSPS) is 22.6. The average Bonchev–Trinajstić information content (AvgIpc) is 3.25. The predicted molar refractivity (Wildman–Crippen MR) is 88.4 cm³/mol. The molecule has 6 nitrogen and oxygen atoms in total. The molecule has 2 aliphatic rings. The Morgan fingerprint density at radius 3 is 2.62 bits per heavy atom. The van der Waals surface area contributed by atoms with Gasteiger partial charge >= 0.3 is 0 Å². The van der Waals surface area contributed by atoms with Gasteiger partial charge in [-0.05, 0) is 49.1 Å². The van der Waals surface area contributed by atoms with Crippen molar-refractivity contribution in [3.05, 3.63) is 54.1 Å². The van der Waals surface area contributed by atoms with Gasteiger partial charge in [0.15, 0.2) is 0 Å². The molecule has 1 spiro atoms. The Bertz CT molecular complexity index is 734. The second-order valence-corrected chi connectivity index (χ2v) is 6.68. The first-order valence-electron chi connectivity index (χ1n) is 8.32. The number of nitrogens with one attached hydrogen (secondary N) is 2. The molecule has 2 aromatic heterocycles. The van der Waals surface area contributed by atoms with E-state index in [1.807, 2.05) is 23.1 Å². The van der Waals surface area contributed by atoms with Crippen LogP contribution in [0.3, 0.4) is 0 Å². The van der Waals surface area contributed by atoms with Crippen molar-refractivity contribution in [3.8, 4) is 0 Å². The Kier molecular flexibility index (Phi) is 3.59. The summed E-state index contributed by atoms with van der Waals surface area (Å²) in [5.41, 5.74) is 1.46. The molecule has 0 bridgehead atoms. The van der Waals surface area contributed by atoms with Crippen molar-refractivity contribution >= 4 is 11.8 Å². The third kappa shape index (κ3) is 2.58. The molecule has 24 heavy (non-hydrogen) atoms. The lowest BCUT2D eigenvalue weighted by Crippen LogP contribution is -2.52. The minimum Gasteiger partial charge on any atom is -0.357 e. The van der Waals surface area contributed by atoms with Crippen LogP contribution in [0.2, 0.25) is 0 Å². The molecular weight excluding hydrogens is 304 g/mol. The van der Waals surface area contributed by atoms with Crippen LogP contribution in [0.5, 0.6) is 0 Å². The molecule has 2 aliphatic heterocycles. The van der Waals surface area contributed by atoms with Crippen molar-refractivity contribution < 1.29 is 9.59 Å². The zero-order valence-corrected chi connectivity index (χ0v) is 13.4. The van der Waals surface area contributed by atoms with E-state index in [1.165, 1.54) is 0 Å². The fourth-order valence-corrected chi connectivity index (χ4v) is 3.85. The second kappa shape index (κ2) is 5.78. The lowest BCUT2D eigenvalue weighted by Gasteiger charge is -2.39. The minimum absolute atomic E-state index is 0.0323. The SMILES string of the molecule is O=C1NC2(CCN(C(=O)c3ccc[nH]3)CC2)CC1c1ccncc1. The summed E-state index contributed by atoms with van der Waals surface area (Å²) >= 11 is 0. The number of nitrogens with zero attached hydrogens (tertiary/aromatic N) is 2. The monoisotopic (exact) mass is 324 g/mol. The summed E-state index contributed by atoms with van der Waals surface area (Å²) < 4.78 is 0. The van der Waals surface area contributed by atoms with E-state index >= 15 is 0 Å². The Morgan fingerprint density at radius 1 is 1.21 bits per heavy atom. The number of piperidine rings is 1. The van der Waals surface area contributed by atoms with Crippen LogP contribution in [0.1, 0.15) is 41.2 Å². The van der Waals surface area contributed by atoms with Crippen molar-refractivity contribution in [2.75, 3.05) is 13.1 Å². The van der Waals surface area contributed by atoms with Gasteiger partial charge in [-0.1, -0.05) is 0 Å². The molecule has 2 aromatic rings. The lowest BCUT2D eigenvalue weighted by molar-refractivity contribution is -0.121. The maximum atomic E-state index is 12.4. The van der Waals surface area contributed by atoms with Crippen molar-refractivity contribution in [1.82, 2.24) is 20.2 Å². The van der Waals surface area contributed by atoms with Crippen LogP contribution in [0.4, 0.5) is 0 Å². The zero-order chi connectivity index (χ0) is 16.6. The molecule has 1 atom stereocenters. The standard InChI is InChI=1S/C18H20N4O2/c23-16-14(13-3-8-19-9-4-13)12-18(21-16)5-10-22(11-6-18)17(24)15-2-1-7-20-15/h1-4,7-9,14,20H,5-6,10-12H2,(H,21,23). The zero-order valence-electron chi connectivity index (χ0n) is 13.4. The fourth-order valence-electron chi connectivity index (χ4n) is 3.85. The van der Waals surface area contributed by atoms with Gasteiger partial charge in [-0.15, -0.1) is 0 Å². The molecule has 0 aromatic carbocycles. The third-order valence-corrected chi connectivity index (χ3v) is 5.24. The molecule has 0 radical (unpaired) electrons. The van der Waals surface area contributed by atoms with Crippen LogP contribution >= 0.6 is 0 Å². The smallest absolute Gasteiger partial charge is 0.270 e. The van der Waals surface area contributed by atoms with E-state index in [0.717, 1.165) is 24.8 Å². The number of likely N-dealkylation sites (tertiary alicyclic amines) is 1. The predicted octanol–water partition coefficient (Wildman–Crippen LogP) is 1.69. The number of hydrogen-bond donors (Lipinski definition) is 2. The molecule has 4 heterocycles. The van der Waals surface area contributed by atoms with E-state index in [-0.39, 0.29) is 23.3 Å². The van der Waals surface area contributed by atoms with E-state index in [4.69, 9.17) is 0 Å². The van der Waals surface area contributed by atoms with E-state index in [9.17, 15) is 9.59 Å². The molecule has 2 fully saturated rings. The summed E-state index contributed by atoms with van der Waals surface area (Å²) in [7, 11) is 0. The number of rotatable bonds is 2. The van der Waals surface area contributed by atoms with Crippen molar-refractivity contribution in [1.29, 1.82) is 0 Å². The second-order valence-electron chi connectivity index (χ2n) is 6.68. The molecule has 2 N–H and O–H groups in total. The first-order valence-corrected chi connectivity index (χ1v) is 8.32. The molecule has 4 rings (SSSR count). The van der Waals surface area contributed by atoms with Gasteiger partial charge in [0.2, 0.25) is 5.91 Å². The van der Waals surface area contributed by atoms with Crippen LogP contribution in [-0.4, -0.2) is 45.3 Å². The molecule has 6 heteroatoms. The molecule has 1 unspecified atom stereocenters. The fraction of sp³-hybridized carbons (Fsp3) is 0.389. The Balaban J connectivity index is 1.44. The summed E-state index contributed by atoms with van der Waals surface area (Å²) in [6, 6.07) is 7.44. The third-order valence-electron chi connectivity index (χ3n) is 5.24. The number of H-pyrrole nitrogens is 1. The number of hydrogen-bond acceptors (Lipinski definition) is 3. The highest BCUT2D eigenvalue weighted by molar-refractivity contribution is 5.92. The molecule has 0 saturated carbocycles. The highest BCUT2D eigenvalue weighted by Gasteiger charge is 2.46. The average molecular weight is 324 g/mol. The number of carbonyl (C=O) groups excluding carboxylic acids is 2. The van der Waals surface area contributed by atoms with Crippen molar-refractivity contribution in [2.24, 2.45) is 0 Å². The maximum absolute atomic E-state index is 12.4. The molecule has 2 amide bonds. The highest BCUT2D eigenvalue weighted by Crippen LogP contribution is 2.39. The largest absolute Gasteiger partial charge is 0.357 e. The van der Waals surface area contributed by atoms with Gasteiger partial charge in [-0.2, -0.15) is 0 Å². The van der Waals surface area contributed by atoms with Gasteiger partial charge in [0.25, 0.3) is 5.91 Å². The van der Waals surface area contributed by atoms with Gasteiger partial charge in [0.05, 0.1) is 5.92 Å². The van der Waals surface area contributed by atoms with Crippen LogP contribution in [0.15, 0.2) is 42.9 Å². The summed E-state index contributed by atoms with van der Waals surface area (Å²) in [6.07, 6.45) is 7.60. The number of amides is 2. The van der Waals surface area contributed by atoms with Crippen LogP contribution < -0.4 is 5.32 Å². The van der Waals surface area contributed by atoms with Crippen LogP contribution in [-0.2, 0) is 4.79 Å². The quantitative estimate of drug-likeness (QED) is 0.882. The van der Waals surface area contributed by atoms with E-state index < -0.39 is 0 Å². The summed E-state index contributed by atoms with van der Waals surface area (Å²) in [5, 5.41) is 3.21. The van der Waals surface area contributed by atoms with E-state index in [2.05, 4.69) is 15.3 Å². The first-order chi connectivity index (χ1) is 11.7. The van der Waals surface area contributed by atoms with Crippen LogP contribution in [0.25, 0.3) is 0 Å². The Hall–Kier alpha value is -2.63. The highest BCUT2D eigenvalue weighted by atomic mass is 16.2. The van der Waals surface area contributed by atoms with E-state index in [1.54, 1.807) is 24.7 Å². The number of carbonyl (C=O) groups is 2. The summed E-state index contributed by atoms with van der Waals surface area (Å²) in [6.45, 7) is 1.34. The number of pyridine rings is 1. The molecule has 2 saturated heterocycles. The minimum atomic E-state index is -0.183. The van der Waals surface area contributed by atoms with Gasteiger partial charge < -0.3 is 15.2 Å². The van der Waals surface area contributed by atoms with Crippen molar-refractivity contribution in [2.45, 2.75) is 30.7 Å². The Morgan fingerprint density at radius 2 is 1.96 bits per heavy atom. The lowest BCUT2D eigenvalue weighted by atomic mass is 9.82. The first kappa shape index (κ1) is 14.9. The molecule has 124 valence electrons. The number of aromatic amines is 1. The van der Waals surface area contributed by atoms with Gasteiger partial charge in [0, 0.05) is 37.2 Å². The van der Waals surface area contributed by atoms with Gasteiger partial charge in [-0.25, -0.2) is 0 Å². The van der Waals surface area contributed by atoms with Crippen LogP contribution in [0, 0.1) is 0 Å². The number of aromatic nitrogens is 2. The van der Waals surface area contributed by atoms with E-state index in [0.29, 0.717) is 18.8 Å².